The predicted molar refractivity (Wildman–Crippen MR) is 107 cm³/mol. The summed E-state index contributed by atoms with van der Waals surface area (Å²) in [5.41, 5.74) is 8.52. The molecule has 0 unspecified atom stereocenters. The van der Waals surface area contributed by atoms with Gasteiger partial charge in [0.25, 0.3) is 5.91 Å². The van der Waals surface area contributed by atoms with Crippen molar-refractivity contribution in [3.8, 4) is 11.5 Å². The molecule has 1 aliphatic heterocycles. The molecule has 0 spiro atoms. The molecule has 2 N–H and O–H groups in total. The predicted octanol–water partition coefficient (Wildman–Crippen LogP) is 1.65. The largest absolute Gasteiger partial charge is 0.493 e. The number of carbonyl (C=O) groups excluding carboxylic acids is 1. The van der Waals surface area contributed by atoms with E-state index in [1.54, 1.807) is 38.1 Å². The first-order valence-corrected chi connectivity index (χ1v) is 9.60. The quantitative estimate of drug-likeness (QED) is 0.705. The first kappa shape index (κ1) is 18.2. The first-order chi connectivity index (χ1) is 13.6. The summed E-state index contributed by atoms with van der Waals surface area (Å²) in [5.74, 6) is 2.09. The SMILES string of the molecule is COc1cc2nc(N3CCN(C(=O)c4cncs4)CC3)nc(N)c2cc1OC. The highest BCUT2D eigenvalue weighted by atomic mass is 32.1. The lowest BCUT2D eigenvalue weighted by Crippen LogP contribution is -2.49. The molecule has 1 aromatic carbocycles. The van der Waals surface area contributed by atoms with E-state index >= 15 is 0 Å². The normalized spacial score (nSPS) is 14.4. The van der Waals surface area contributed by atoms with Crippen molar-refractivity contribution in [3.05, 3.63) is 28.7 Å². The fourth-order valence-corrected chi connectivity index (χ4v) is 3.78. The molecule has 3 aromatic rings. The lowest BCUT2D eigenvalue weighted by atomic mass is 10.2. The minimum absolute atomic E-state index is 0.0120. The number of nitrogens with zero attached hydrogens (tertiary/aromatic N) is 5. The summed E-state index contributed by atoms with van der Waals surface area (Å²) in [6.07, 6.45) is 1.61. The van der Waals surface area contributed by atoms with E-state index in [0.29, 0.717) is 65.2 Å². The van der Waals surface area contributed by atoms with Gasteiger partial charge < -0.3 is 25.0 Å². The van der Waals surface area contributed by atoms with Crippen molar-refractivity contribution in [3.63, 3.8) is 0 Å². The highest BCUT2D eigenvalue weighted by molar-refractivity contribution is 7.11. The summed E-state index contributed by atoms with van der Waals surface area (Å²) >= 11 is 1.35. The van der Waals surface area contributed by atoms with Gasteiger partial charge in [-0.05, 0) is 6.07 Å². The molecule has 146 valence electrons. The number of nitrogen functional groups attached to an aromatic ring is 1. The summed E-state index contributed by atoms with van der Waals surface area (Å²) in [5, 5.41) is 0.709. The van der Waals surface area contributed by atoms with Crippen LogP contribution in [0.4, 0.5) is 11.8 Å². The van der Waals surface area contributed by atoms with E-state index in [0.717, 1.165) is 0 Å². The Labute approximate surface area is 165 Å². The average molecular weight is 400 g/mol. The Morgan fingerprint density at radius 2 is 1.82 bits per heavy atom. The van der Waals surface area contributed by atoms with E-state index in [4.69, 9.17) is 15.2 Å². The van der Waals surface area contributed by atoms with Crippen molar-refractivity contribution in [1.82, 2.24) is 19.9 Å². The number of nitrogens with two attached hydrogens (primary N) is 1. The van der Waals surface area contributed by atoms with Crippen molar-refractivity contribution in [2.45, 2.75) is 0 Å². The van der Waals surface area contributed by atoms with Crippen LogP contribution in [0.3, 0.4) is 0 Å². The van der Waals surface area contributed by atoms with Crippen LogP contribution in [-0.2, 0) is 0 Å². The number of aromatic nitrogens is 3. The van der Waals surface area contributed by atoms with Crippen LogP contribution in [0.1, 0.15) is 9.67 Å². The summed E-state index contributed by atoms with van der Waals surface area (Å²) in [6.45, 7) is 2.43. The van der Waals surface area contributed by atoms with Crippen molar-refractivity contribution in [1.29, 1.82) is 0 Å². The Hall–Kier alpha value is -3.14. The molecular formula is C18H20N6O3S. The highest BCUT2D eigenvalue weighted by Gasteiger charge is 2.25. The minimum Gasteiger partial charge on any atom is -0.493 e. The Morgan fingerprint density at radius 3 is 2.46 bits per heavy atom. The number of methoxy groups -OCH3 is 2. The van der Waals surface area contributed by atoms with Gasteiger partial charge in [-0.2, -0.15) is 4.98 Å². The number of carbonyl (C=O) groups is 1. The minimum atomic E-state index is 0.0120. The molecule has 1 saturated heterocycles. The first-order valence-electron chi connectivity index (χ1n) is 8.72. The fourth-order valence-electron chi connectivity index (χ4n) is 3.19. The topological polar surface area (TPSA) is 107 Å². The van der Waals surface area contributed by atoms with Gasteiger partial charge in [0, 0.05) is 37.6 Å². The van der Waals surface area contributed by atoms with Gasteiger partial charge in [-0.3, -0.25) is 9.78 Å². The maximum Gasteiger partial charge on any atom is 0.265 e. The fraction of sp³-hybridized carbons (Fsp3) is 0.333. The van der Waals surface area contributed by atoms with E-state index in [9.17, 15) is 4.79 Å². The average Bonchev–Trinajstić information content (AvgIpc) is 3.27. The second-order valence-corrected chi connectivity index (χ2v) is 7.16. The molecule has 1 amide bonds. The third-order valence-corrected chi connectivity index (χ3v) is 5.47. The van der Waals surface area contributed by atoms with E-state index < -0.39 is 0 Å². The summed E-state index contributed by atoms with van der Waals surface area (Å²) < 4.78 is 10.7. The smallest absolute Gasteiger partial charge is 0.265 e. The molecule has 10 heteroatoms. The monoisotopic (exact) mass is 400 g/mol. The number of hydrogen-bond acceptors (Lipinski definition) is 9. The van der Waals surface area contributed by atoms with Crippen molar-refractivity contribution in [2.24, 2.45) is 0 Å². The third-order valence-electron chi connectivity index (χ3n) is 4.71. The standard InChI is InChI=1S/C18H20N6O3S/c1-26-13-7-11-12(8-14(13)27-2)21-18(22-16(11)19)24-5-3-23(4-6-24)17(25)15-9-20-10-28-15/h7-10H,3-6H2,1-2H3,(H2,19,21,22). The molecule has 3 heterocycles. The second-order valence-electron chi connectivity index (χ2n) is 6.28. The van der Waals surface area contributed by atoms with Crippen LogP contribution in [0.5, 0.6) is 11.5 Å². The molecule has 0 radical (unpaired) electrons. The summed E-state index contributed by atoms with van der Waals surface area (Å²) in [6, 6.07) is 3.57. The van der Waals surface area contributed by atoms with Crippen LogP contribution >= 0.6 is 11.3 Å². The van der Waals surface area contributed by atoms with Crippen LogP contribution in [0.15, 0.2) is 23.8 Å². The number of piperazine rings is 1. The van der Waals surface area contributed by atoms with Gasteiger partial charge in [0.15, 0.2) is 11.5 Å². The Bertz CT molecular complexity index is 1000. The van der Waals surface area contributed by atoms with Gasteiger partial charge in [-0.25, -0.2) is 4.98 Å². The van der Waals surface area contributed by atoms with Crippen molar-refractivity contribution in [2.75, 3.05) is 51.0 Å². The Balaban J connectivity index is 1.56. The zero-order valence-electron chi connectivity index (χ0n) is 15.6. The Kier molecular flexibility index (Phi) is 4.86. The lowest BCUT2D eigenvalue weighted by Gasteiger charge is -2.34. The molecular weight excluding hydrogens is 380 g/mol. The van der Waals surface area contributed by atoms with Crippen LogP contribution in [0.25, 0.3) is 10.9 Å². The molecule has 1 aliphatic rings. The molecule has 1 fully saturated rings. The zero-order valence-corrected chi connectivity index (χ0v) is 16.4. The van der Waals surface area contributed by atoms with Gasteiger partial charge >= 0.3 is 0 Å². The zero-order chi connectivity index (χ0) is 19.7. The number of benzene rings is 1. The molecule has 0 bridgehead atoms. The third kappa shape index (κ3) is 3.26. The highest BCUT2D eigenvalue weighted by Crippen LogP contribution is 2.34. The van der Waals surface area contributed by atoms with E-state index in [1.807, 2.05) is 9.80 Å². The lowest BCUT2D eigenvalue weighted by molar-refractivity contribution is 0.0751. The molecule has 0 aliphatic carbocycles. The van der Waals surface area contributed by atoms with Crippen molar-refractivity contribution < 1.29 is 14.3 Å². The van der Waals surface area contributed by atoms with Gasteiger partial charge in [-0.1, -0.05) is 0 Å². The maximum absolute atomic E-state index is 12.5. The number of amides is 1. The van der Waals surface area contributed by atoms with Gasteiger partial charge in [0.2, 0.25) is 5.95 Å². The van der Waals surface area contributed by atoms with Crippen LogP contribution in [-0.4, -0.2) is 66.2 Å². The number of ether oxygens (including phenoxy) is 2. The van der Waals surface area contributed by atoms with Crippen LogP contribution in [0, 0.1) is 0 Å². The summed E-state index contributed by atoms with van der Waals surface area (Å²) in [7, 11) is 3.15. The number of anilines is 2. The second kappa shape index (κ2) is 7.47. The number of rotatable bonds is 4. The van der Waals surface area contributed by atoms with Crippen LogP contribution < -0.4 is 20.1 Å². The maximum atomic E-state index is 12.5. The Morgan fingerprint density at radius 1 is 1.11 bits per heavy atom. The van der Waals surface area contributed by atoms with Gasteiger partial charge in [0.1, 0.15) is 10.7 Å². The summed E-state index contributed by atoms with van der Waals surface area (Å²) in [4.78, 5) is 30.1. The molecule has 2 aromatic heterocycles. The molecule has 0 saturated carbocycles. The molecule has 28 heavy (non-hydrogen) atoms. The van der Waals surface area contributed by atoms with E-state index in [2.05, 4.69) is 15.0 Å². The molecule has 0 atom stereocenters. The van der Waals surface area contributed by atoms with Crippen molar-refractivity contribution >= 4 is 39.9 Å². The number of thiazole rings is 1. The number of fused-ring (bicyclic) bond motifs is 1. The van der Waals surface area contributed by atoms with E-state index in [1.165, 1.54) is 11.3 Å². The van der Waals surface area contributed by atoms with E-state index in [-0.39, 0.29) is 5.91 Å². The molecule has 4 rings (SSSR count). The van der Waals surface area contributed by atoms with Gasteiger partial charge in [0.05, 0.1) is 31.4 Å². The van der Waals surface area contributed by atoms with Crippen LogP contribution in [0.2, 0.25) is 0 Å². The molecule has 9 nitrogen and oxygen atoms in total. The van der Waals surface area contributed by atoms with Gasteiger partial charge in [-0.15, -0.1) is 11.3 Å². The number of hydrogen-bond donors (Lipinski definition) is 1.